The first-order chi connectivity index (χ1) is 13.6. The third-order valence-electron chi connectivity index (χ3n) is 6.17. The standard InChI is InChI=1S/C23H23N3O2/c1-15-12-18(16-6-3-2-4-7-16)14-26(15)22(27)17-9-10-19-20(13-17)24-21-8-5-11-25(21)23(19)28/h2-4,6-7,9-10,13,15,18H,5,8,11-12,14H2,1H3. The lowest BCUT2D eigenvalue weighted by molar-refractivity contribution is 0.0746. The van der Waals surface area contributed by atoms with Crippen molar-refractivity contribution < 1.29 is 4.79 Å². The minimum atomic E-state index is 0.00943. The van der Waals surface area contributed by atoms with Gasteiger partial charge >= 0.3 is 0 Å². The molecule has 5 heteroatoms. The molecule has 2 unspecified atom stereocenters. The molecular formula is C23H23N3O2. The highest BCUT2D eigenvalue weighted by atomic mass is 16.2. The van der Waals surface area contributed by atoms with Crippen LogP contribution < -0.4 is 5.56 Å². The summed E-state index contributed by atoms with van der Waals surface area (Å²) in [5, 5.41) is 0.596. The van der Waals surface area contributed by atoms with Crippen molar-refractivity contribution in [1.29, 1.82) is 0 Å². The zero-order chi connectivity index (χ0) is 19.3. The lowest BCUT2D eigenvalue weighted by Gasteiger charge is -2.21. The first kappa shape index (κ1) is 17.2. The Kier molecular flexibility index (Phi) is 4.04. The van der Waals surface area contributed by atoms with Crippen LogP contribution in [0.25, 0.3) is 10.9 Å². The zero-order valence-corrected chi connectivity index (χ0v) is 16.0. The maximum Gasteiger partial charge on any atom is 0.261 e. The summed E-state index contributed by atoms with van der Waals surface area (Å²) in [4.78, 5) is 32.5. The molecule has 5 nitrogen and oxygen atoms in total. The predicted octanol–water partition coefficient (Wildman–Crippen LogP) is 3.36. The van der Waals surface area contributed by atoms with Crippen molar-refractivity contribution >= 4 is 16.8 Å². The molecule has 0 bridgehead atoms. The fraction of sp³-hybridized carbons (Fsp3) is 0.348. The van der Waals surface area contributed by atoms with Gasteiger partial charge in [0.2, 0.25) is 0 Å². The molecule has 0 N–H and O–H groups in total. The average molecular weight is 373 g/mol. The summed E-state index contributed by atoms with van der Waals surface area (Å²) in [6, 6.07) is 15.9. The molecule has 3 aromatic rings. The number of likely N-dealkylation sites (tertiary alicyclic amines) is 1. The molecule has 1 saturated heterocycles. The van der Waals surface area contributed by atoms with Gasteiger partial charge in [-0.1, -0.05) is 30.3 Å². The number of hydrogen-bond donors (Lipinski definition) is 0. The van der Waals surface area contributed by atoms with Crippen molar-refractivity contribution in [3.8, 4) is 0 Å². The van der Waals surface area contributed by atoms with E-state index in [-0.39, 0.29) is 17.5 Å². The van der Waals surface area contributed by atoms with Crippen LogP contribution in [0.3, 0.4) is 0 Å². The SMILES string of the molecule is CC1CC(c2ccccc2)CN1C(=O)c1ccc2c(=O)n3c(nc2c1)CCC3. The number of hydrogen-bond acceptors (Lipinski definition) is 3. The summed E-state index contributed by atoms with van der Waals surface area (Å²) < 4.78 is 1.76. The maximum atomic E-state index is 13.2. The normalized spacial score (nSPS) is 21.2. The molecule has 5 rings (SSSR count). The van der Waals surface area contributed by atoms with Crippen LogP contribution in [0.4, 0.5) is 0 Å². The van der Waals surface area contributed by atoms with Crippen LogP contribution in [-0.2, 0) is 13.0 Å². The van der Waals surface area contributed by atoms with Crippen molar-refractivity contribution in [2.24, 2.45) is 0 Å². The van der Waals surface area contributed by atoms with Crippen molar-refractivity contribution in [3.63, 3.8) is 0 Å². The summed E-state index contributed by atoms with van der Waals surface area (Å²) in [7, 11) is 0. The van der Waals surface area contributed by atoms with Crippen LogP contribution in [0.5, 0.6) is 0 Å². The van der Waals surface area contributed by atoms with E-state index in [1.807, 2.05) is 11.0 Å². The van der Waals surface area contributed by atoms with Crippen molar-refractivity contribution in [1.82, 2.24) is 14.5 Å². The summed E-state index contributed by atoms with van der Waals surface area (Å²) in [6.45, 7) is 3.58. The van der Waals surface area contributed by atoms with Crippen LogP contribution in [0.1, 0.15) is 47.4 Å². The summed E-state index contributed by atoms with van der Waals surface area (Å²) >= 11 is 0. The Bertz CT molecular complexity index is 1120. The van der Waals surface area contributed by atoms with E-state index in [0.29, 0.717) is 22.4 Å². The van der Waals surface area contributed by atoms with Crippen LogP contribution in [0, 0.1) is 0 Å². The van der Waals surface area contributed by atoms with Crippen LogP contribution in [-0.4, -0.2) is 32.9 Å². The van der Waals surface area contributed by atoms with E-state index in [0.717, 1.165) is 38.2 Å². The highest BCUT2D eigenvalue weighted by Gasteiger charge is 2.33. The number of carbonyl (C=O) groups excluding carboxylic acids is 1. The molecule has 1 aromatic heterocycles. The van der Waals surface area contributed by atoms with Gasteiger partial charge in [-0.2, -0.15) is 0 Å². The van der Waals surface area contributed by atoms with E-state index >= 15 is 0 Å². The largest absolute Gasteiger partial charge is 0.335 e. The summed E-state index contributed by atoms with van der Waals surface area (Å²) in [6.07, 6.45) is 2.75. The van der Waals surface area contributed by atoms with E-state index in [4.69, 9.17) is 0 Å². The van der Waals surface area contributed by atoms with Gasteiger partial charge in [0.1, 0.15) is 5.82 Å². The third-order valence-corrected chi connectivity index (χ3v) is 6.17. The Morgan fingerprint density at radius 1 is 1.14 bits per heavy atom. The molecule has 142 valence electrons. The zero-order valence-electron chi connectivity index (χ0n) is 16.0. The first-order valence-electron chi connectivity index (χ1n) is 10.0. The number of carbonyl (C=O) groups is 1. The van der Waals surface area contributed by atoms with Gasteiger partial charge in [-0.25, -0.2) is 4.98 Å². The number of nitrogens with zero attached hydrogens (tertiary/aromatic N) is 3. The van der Waals surface area contributed by atoms with Gasteiger partial charge in [-0.15, -0.1) is 0 Å². The number of rotatable bonds is 2. The number of fused-ring (bicyclic) bond motifs is 2. The number of amides is 1. The van der Waals surface area contributed by atoms with Gasteiger partial charge in [0.15, 0.2) is 0 Å². The Morgan fingerprint density at radius 3 is 2.79 bits per heavy atom. The Labute approximate surface area is 163 Å². The predicted molar refractivity (Wildman–Crippen MR) is 109 cm³/mol. The molecule has 2 atom stereocenters. The fourth-order valence-corrected chi connectivity index (χ4v) is 4.66. The van der Waals surface area contributed by atoms with Crippen LogP contribution in [0.2, 0.25) is 0 Å². The topological polar surface area (TPSA) is 55.2 Å². The van der Waals surface area contributed by atoms with E-state index in [1.165, 1.54) is 5.56 Å². The van der Waals surface area contributed by atoms with Gasteiger partial charge < -0.3 is 4.90 Å². The molecule has 1 amide bonds. The second-order valence-electron chi connectivity index (χ2n) is 7.97. The Morgan fingerprint density at radius 2 is 1.96 bits per heavy atom. The van der Waals surface area contributed by atoms with E-state index in [1.54, 1.807) is 22.8 Å². The van der Waals surface area contributed by atoms with Crippen molar-refractivity contribution in [2.75, 3.05) is 6.54 Å². The fourth-order valence-electron chi connectivity index (χ4n) is 4.66. The average Bonchev–Trinajstić information content (AvgIpc) is 3.34. The molecule has 0 spiro atoms. The molecule has 3 heterocycles. The van der Waals surface area contributed by atoms with Gasteiger partial charge in [0.05, 0.1) is 10.9 Å². The molecule has 2 aromatic carbocycles. The van der Waals surface area contributed by atoms with E-state index in [9.17, 15) is 9.59 Å². The second-order valence-corrected chi connectivity index (χ2v) is 7.97. The number of benzene rings is 2. The van der Waals surface area contributed by atoms with Crippen LogP contribution in [0.15, 0.2) is 53.3 Å². The Hall–Kier alpha value is -2.95. The molecule has 0 radical (unpaired) electrons. The van der Waals surface area contributed by atoms with Crippen molar-refractivity contribution in [3.05, 3.63) is 75.8 Å². The Balaban J connectivity index is 1.46. The number of aromatic nitrogens is 2. The molecule has 0 saturated carbocycles. The van der Waals surface area contributed by atoms with Gasteiger partial charge in [0, 0.05) is 37.0 Å². The monoisotopic (exact) mass is 373 g/mol. The minimum absolute atomic E-state index is 0.00943. The second kappa shape index (κ2) is 6.59. The smallest absolute Gasteiger partial charge is 0.261 e. The maximum absolute atomic E-state index is 13.2. The molecule has 28 heavy (non-hydrogen) atoms. The molecule has 0 aliphatic carbocycles. The van der Waals surface area contributed by atoms with Gasteiger partial charge in [-0.05, 0) is 43.5 Å². The first-order valence-corrected chi connectivity index (χ1v) is 10.0. The molecule has 1 fully saturated rings. The van der Waals surface area contributed by atoms with Crippen LogP contribution >= 0.6 is 0 Å². The summed E-state index contributed by atoms with van der Waals surface area (Å²) in [5.74, 6) is 1.22. The molecule has 2 aliphatic heterocycles. The van der Waals surface area contributed by atoms with Gasteiger partial charge in [-0.3, -0.25) is 14.2 Å². The van der Waals surface area contributed by atoms with Crippen molar-refractivity contribution in [2.45, 2.75) is 44.7 Å². The van der Waals surface area contributed by atoms with Gasteiger partial charge in [0.25, 0.3) is 11.5 Å². The molecular weight excluding hydrogens is 350 g/mol. The van der Waals surface area contributed by atoms with E-state index < -0.39 is 0 Å². The third kappa shape index (κ3) is 2.73. The van der Waals surface area contributed by atoms with E-state index in [2.05, 4.69) is 36.2 Å². The highest BCUT2D eigenvalue weighted by Crippen LogP contribution is 2.32. The molecule has 2 aliphatic rings. The lowest BCUT2D eigenvalue weighted by Crippen LogP contribution is -2.34. The lowest BCUT2D eigenvalue weighted by atomic mass is 9.97. The minimum Gasteiger partial charge on any atom is -0.335 e. The summed E-state index contributed by atoms with van der Waals surface area (Å²) in [5.41, 5.74) is 2.54. The number of aryl methyl sites for hydroxylation is 1. The highest BCUT2D eigenvalue weighted by molar-refractivity contribution is 5.98. The quantitative estimate of drug-likeness (QED) is 0.692.